The number of nitrogens with zero attached hydrogens (tertiary/aromatic N) is 5. The summed E-state index contributed by atoms with van der Waals surface area (Å²) in [6.45, 7) is 1.78. The third-order valence-corrected chi connectivity index (χ3v) is 5.01. The van der Waals surface area contributed by atoms with E-state index in [0.29, 0.717) is 22.4 Å². The molecule has 0 fully saturated rings. The minimum Gasteiger partial charge on any atom is -0.382 e. The molecule has 1 atom stereocenters. The van der Waals surface area contributed by atoms with Crippen LogP contribution in [0, 0.1) is 24.1 Å². The standard InChI is InChI=1S/C21H15ClFN7O2/c1-10-17-18(20(25)27-9-26-17)30(29-10)16-3-2-14(7-15(16)22)28-21(32)19(31)12-4-11(8-24)5-13(23)6-12/h2-7,9,19,31H,1H3,(H,28,32)(H2,25,26,27). The van der Waals surface area contributed by atoms with Crippen LogP contribution in [0.25, 0.3) is 16.7 Å². The molecule has 1 amide bonds. The average Bonchev–Trinajstić information content (AvgIpc) is 3.10. The summed E-state index contributed by atoms with van der Waals surface area (Å²) in [6, 6.07) is 9.64. The molecule has 0 aliphatic carbocycles. The molecule has 4 rings (SSSR count). The third kappa shape index (κ3) is 3.82. The number of nitrogens with two attached hydrogens (primary N) is 1. The molecular formula is C21H15ClFN7O2. The number of hydrogen-bond acceptors (Lipinski definition) is 7. The number of amides is 1. The molecule has 4 aromatic rings. The van der Waals surface area contributed by atoms with Crippen molar-refractivity contribution in [3.8, 4) is 11.8 Å². The number of carbonyl (C=O) groups is 1. The Hall–Kier alpha value is -4.07. The Bertz CT molecular complexity index is 1410. The van der Waals surface area contributed by atoms with Crippen LogP contribution < -0.4 is 11.1 Å². The number of carbonyl (C=O) groups excluding carboxylic acids is 1. The number of hydrogen-bond donors (Lipinski definition) is 3. The van der Waals surface area contributed by atoms with Gasteiger partial charge in [0.25, 0.3) is 5.91 Å². The Morgan fingerprint density at radius 3 is 2.81 bits per heavy atom. The van der Waals surface area contributed by atoms with Gasteiger partial charge in [0.2, 0.25) is 0 Å². The Labute approximate surface area is 185 Å². The quantitative estimate of drug-likeness (QED) is 0.432. The fourth-order valence-corrected chi connectivity index (χ4v) is 3.50. The van der Waals surface area contributed by atoms with Gasteiger partial charge in [-0.2, -0.15) is 10.4 Å². The first kappa shape index (κ1) is 21.2. The van der Waals surface area contributed by atoms with Gasteiger partial charge in [-0.3, -0.25) is 4.79 Å². The highest BCUT2D eigenvalue weighted by molar-refractivity contribution is 6.32. The van der Waals surface area contributed by atoms with E-state index >= 15 is 0 Å². The molecular weight excluding hydrogens is 437 g/mol. The molecule has 2 heterocycles. The molecule has 0 spiro atoms. The van der Waals surface area contributed by atoms with Crippen molar-refractivity contribution in [2.45, 2.75) is 13.0 Å². The van der Waals surface area contributed by atoms with Gasteiger partial charge >= 0.3 is 0 Å². The zero-order chi connectivity index (χ0) is 23.0. The Morgan fingerprint density at radius 2 is 2.09 bits per heavy atom. The lowest BCUT2D eigenvalue weighted by Crippen LogP contribution is -2.21. The van der Waals surface area contributed by atoms with E-state index in [9.17, 15) is 14.3 Å². The van der Waals surface area contributed by atoms with E-state index < -0.39 is 17.8 Å². The van der Waals surface area contributed by atoms with Crippen LogP contribution >= 0.6 is 11.6 Å². The number of aryl methyl sites for hydroxylation is 1. The molecule has 32 heavy (non-hydrogen) atoms. The van der Waals surface area contributed by atoms with Crippen molar-refractivity contribution in [1.29, 1.82) is 5.26 Å². The van der Waals surface area contributed by atoms with Crippen LogP contribution in [-0.2, 0) is 4.79 Å². The van der Waals surface area contributed by atoms with Crippen LogP contribution in [0.4, 0.5) is 15.9 Å². The number of benzene rings is 2. The molecule has 0 bridgehead atoms. The number of fused-ring (bicyclic) bond motifs is 1. The first-order valence-corrected chi connectivity index (χ1v) is 9.61. The molecule has 0 aliphatic rings. The van der Waals surface area contributed by atoms with Gasteiger partial charge in [-0.25, -0.2) is 19.0 Å². The number of halogens is 2. The monoisotopic (exact) mass is 451 g/mol. The van der Waals surface area contributed by atoms with Crippen LogP contribution in [0.2, 0.25) is 5.02 Å². The molecule has 0 radical (unpaired) electrons. The Kier molecular flexibility index (Phi) is 5.44. The Balaban J connectivity index is 1.62. The van der Waals surface area contributed by atoms with Crippen LogP contribution in [0.3, 0.4) is 0 Å². The van der Waals surface area contributed by atoms with E-state index in [2.05, 4.69) is 20.4 Å². The van der Waals surface area contributed by atoms with E-state index in [1.165, 1.54) is 23.1 Å². The number of aliphatic hydroxyl groups is 1. The summed E-state index contributed by atoms with van der Waals surface area (Å²) in [5.74, 6) is -1.32. The third-order valence-electron chi connectivity index (χ3n) is 4.71. The van der Waals surface area contributed by atoms with E-state index in [4.69, 9.17) is 22.6 Å². The lowest BCUT2D eigenvalue weighted by atomic mass is 10.1. The largest absolute Gasteiger partial charge is 0.382 e. The smallest absolute Gasteiger partial charge is 0.257 e. The predicted molar refractivity (Wildman–Crippen MR) is 116 cm³/mol. The first-order chi connectivity index (χ1) is 15.3. The molecule has 0 saturated carbocycles. The maximum atomic E-state index is 13.6. The SMILES string of the molecule is Cc1nn(-c2ccc(NC(=O)C(O)c3cc(F)cc(C#N)c3)cc2Cl)c2c(N)ncnc12. The van der Waals surface area contributed by atoms with Crippen LogP contribution in [0.15, 0.2) is 42.7 Å². The Morgan fingerprint density at radius 1 is 1.31 bits per heavy atom. The van der Waals surface area contributed by atoms with Crippen LogP contribution in [0.1, 0.15) is 22.9 Å². The number of anilines is 2. The molecule has 2 aromatic carbocycles. The second kappa shape index (κ2) is 8.22. The minimum absolute atomic E-state index is 0.00996. The van der Waals surface area contributed by atoms with Crippen LogP contribution in [-0.4, -0.2) is 30.8 Å². The van der Waals surface area contributed by atoms with Crippen LogP contribution in [0.5, 0.6) is 0 Å². The summed E-state index contributed by atoms with van der Waals surface area (Å²) in [4.78, 5) is 20.6. The number of aromatic nitrogens is 4. The van der Waals surface area contributed by atoms with E-state index in [1.807, 2.05) is 0 Å². The zero-order valence-corrected chi connectivity index (χ0v) is 17.3. The summed E-state index contributed by atoms with van der Waals surface area (Å²) in [6.07, 6.45) is -0.341. The van der Waals surface area contributed by atoms with Crippen molar-refractivity contribution < 1.29 is 14.3 Å². The molecule has 9 nitrogen and oxygen atoms in total. The van der Waals surface area contributed by atoms with E-state index in [-0.39, 0.29) is 27.7 Å². The van der Waals surface area contributed by atoms with Gasteiger partial charge in [-0.1, -0.05) is 11.6 Å². The second-order valence-corrected chi connectivity index (χ2v) is 7.30. The summed E-state index contributed by atoms with van der Waals surface area (Å²) in [5, 5.41) is 26.4. The fourth-order valence-electron chi connectivity index (χ4n) is 3.24. The molecule has 0 aliphatic heterocycles. The highest BCUT2D eigenvalue weighted by Crippen LogP contribution is 2.30. The summed E-state index contributed by atoms with van der Waals surface area (Å²) < 4.78 is 15.1. The second-order valence-electron chi connectivity index (χ2n) is 6.90. The molecule has 1 unspecified atom stereocenters. The highest BCUT2D eigenvalue weighted by atomic mass is 35.5. The summed E-state index contributed by atoms with van der Waals surface area (Å²) in [7, 11) is 0. The maximum Gasteiger partial charge on any atom is 0.257 e. The van der Waals surface area contributed by atoms with Gasteiger partial charge in [0.15, 0.2) is 11.9 Å². The van der Waals surface area contributed by atoms with Gasteiger partial charge < -0.3 is 16.2 Å². The molecule has 2 aromatic heterocycles. The summed E-state index contributed by atoms with van der Waals surface area (Å²) in [5.41, 5.74) is 8.42. The molecule has 11 heteroatoms. The fraction of sp³-hybridized carbons (Fsp3) is 0.0952. The molecule has 4 N–H and O–H groups in total. The molecule has 160 valence electrons. The predicted octanol–water partition coefficient (Wildman–Crippen LogP) is 3.04. The van der Waals surface area contributed by atoms with Gasteiger partial charge in [0.1, 0.15) is 23.2 Å². The van der Waals surface area contributed by atoms with Gasteiger partial charge in [-0.05, 0) is 48.9 Å². The number of nitrogens with one attached hydrogen (secondary N) is 1. The average molecular weight is 452 g/mol. The lowest BCUT2D eigenvalue weighted by molar-refractivity contribution is -0.124. The van der Waals surface area contributed by atoms with Gasteiger partial charge in [0.05, 0.1) is 28.0 Å². The number of nitrogen functional groups attached to an aromatic ring is 1. The topological polar surface area (TPSA) is 143 Å². The maximum absolute atomic E-state index is 13.6. The minimum atomic E-state index is -1.69. The highest BCUT2D eigenvalue weighted by Gasteiger charge is 2.20. The first-order valence-electron chi connectivity index (χ1n) is 9.23. The number of rotatable bonds is 4. The van der Waals surface area contributed by atoms with E-state index in [1.54, 1.807) is 25.1 Å². The normalized spacial score (nSPS) is 11.8. The lowest BCUT2D eigenvalue weighted by Gasteiger charge is -2.14. The van der Waals surface area contributed by atoms with Gasteiger partial charge in [0, 0.05) is 5.69 Å². The van der Waals surface area contributed by atoms with E-state index in [0.717, 1.165) is 12.1 Å². The number of nitriles is 1. The van der Waals surface area contributed by atoms with Crippen molar-refractivity contribution in [2.75, 3.05) is 11.1 Å². The van der Waals surface area contributed by atoms with Gasteiger partial charge in [-0.15, -0.1) is 0 Å². The van der Waals surface area contributed by atoms with Crippen molar-refractivity contribution in [2.24, 2.45) is 0 Å². The van der Waals surface area contributed by atoms with Crippen molar-refractivity contribution in [1.82, 2.24) is 19.7 Å². The summed E-state index contributed by atoms with van der Waals surface area (Å²) >= 11 is 6.42. The zero-order valence-electron chi connectivity index (χ0n) is 16.5. The van der Waals surface area contributed by atoms with Crippen molar-refractivity contribution in [3.63, 3.8) is 0 Å². The molecule has 0 saturated heterocycles. The van der Waals surface area contributed by atoms with Crippen molar-refractivity contribution in [3.05, 3.63) is 70.4 Å². The van der Waals surface area contributed by atoms with Crippen molar-refractivity contribution >= 4 is 40.0 Å². The number of aliphatic hydroxyl groups excluding tert-OH is 1.